The first-order valence-corrected chi connectivity index (χ1v) is 4.53. The molecule has 1 rings (SSSR count). The zero-order valence-corrected chi connectivity index (χ0v) is 5.82. The summed E-state index contributed by atoms with van der Waals surface area (Å²) in [7, 11) is -2.26. The second kappa shape index (κ2) is 2.02. The van der Waals surface area contributed by atoms with Gasteiger partial charge in [-0.25, -0.2) is 4.21 Å². The summed E-state index contributed by atoms with van der Waals surface area (Å²) in [6.45, 7) is 0. The van der Waals surface area contributed by atoms with E-state index in [-0.39, 0.29) is 5.25 Å². The lowest BCUT2D eigenvalue weighted by Gasteiger charge is -2.02. The second-order valence-electron chi connectivity index (χ2n) is 2.16. The van der Waals surface area contributed by atoms with Gasteiger partial charge in [-0.1, -0.05) is 0 Å². The average molecular weight is 147 g/mol. The molecule has 0 heterocycles. The van der Waals surface area contributed by atoms with Crippen LogP contribution in [0.4, 0.5) is 0 Å². The van der Waals surface area contributed by atoms with Gasteiger partial charge >= 0.3 is 0 Å². The number of carbonyl (C=O) groups excluding carboxylic acids is 1. The maximum atomic E-state index is 11.1. The van der Waals surface area contributed by atoms with Crippen LogP contribution in [0.5, 0.6) is 0 Å². The number of hydrogen-bond acceptors (Lipinski definition) is 2. The van der Waals surface area contributed by atoms with Gasteiger partial charge in [-0.3, -0.25) is 9.52 Å². The van der Waals surface area contributed by atoms with Crippen molar-refractivity contribution in [2.24, 2.45) is 0 Å². The second-order valence-corrected chi connectivity index (χ2v) is 4.52. The van der Waals surface area contributed by atoms with Crippen molar-refractivity contribution in [1.82, 2.24) is 4.72 Å². The van der Waals surface area contributed by atoms with Crippen LogP contribution in [-0.2, 0) is 14.5 Å². The predicted octanol–water partition coefficient (Wildman–Crippen LogP) is -0.474. The molecule has 1 atom stereocenters. The smallest absolute Gasteiger partial charge is 0.218 e. The minimum Gasteiger partial charge on any atom is -0.285 e. The van der Waals surface area contributed by atoms with Crippen molar-refractivity contribution in [2.45, 2.75) is 18.1 Å². The van der Waals surface area contributed by atoms with E-state index in [2.05, 4.69) is 10.6 Å². The highest BCUT2D eigenvalue weighted by atomic mass is 32.2. The van der Waals surface area contributed by atoms with Crippen molar-refractivity contribution >= 4 is 22.0 Å². The highest BCUT2D eigenvalue weighted by Gasteiger charge is 2.30. The molecule has 0 aromatic heterocycles. The fourth-order valence-corrected chi connectivity index (χ4v) is 1.88. The van der Waals surface area contributed by atoms with Gasteiger partial charge in [0.15, 0.2) is 0 Å². The molecule has 1 unspecified atom stereocenters. The Morgan fingerprint density at radius 3 is 2.56 bits per heavy atom. The number of rotatable bonds is 3. The van der Waals surface area contributed by atoms with E-state index < -0.39 is 9.71 Å². The molecule has 1 aliphatic carbocycles. The largest absolute Gasteiger partial charge is 0.285 e. The Bertz CT molecular complexity index is 203. The third kappa shape index (κ3) is 1.45. The summed E-state index contributed by atoms with van der Waals surface area (Å²) in [5.74, 6) is 3.41. The summed E-state index contributed by atoms with van der Waals surface area (Å²) in [5, 5.41) is 0.141. The number of amides is 1. The lowest BCUT2D eigenvalue weighted by molar-refractivity contribution is -0.108. The molecule has 0 saturated heterocycles. The molecule has 1 N–H and O–H groups in total. The lowest BCUT2D eigenvalue weighted by atomic mass is 11.0. The van der Waals surface area contributed by atoms with E-state index >= 15 is 0 Å². The van der Waals surface area contributed by atoms with Crippen LogP contribution in [0.3, 0.4) is 0 Å². The first-order valence-electron chi connectivity index (χ1n) is 2.74. The van der Waals surface area contributed by atoms with Gasteiger partial charge in [0, 0.05) is 5.25 Å². The fourth-order valence-electron chi connectivity index (χ4n) is 0.626. The highest BCUT2D eigenvalue weighted by Crippen LogP contribution is 2.26. The van der Waals surface area contributed by atoms with Gasteiger partial charge in [0.25, 0.3) is 0 Å². The van der Waals surface area contributed by atoms with E-state index in [1.54, 1.807) is 0 Å². The molecule has 52 valence electrons. The van der Waals surface area contributed by atoms with Gasteiger partial charge in [-0.2, -0.15) is 0 Å². The Hall–Kier alpha value is -0.510. The number of hydrogen-bond donors (Lipinski definition) is 1. The molecule has 3 nitrogen and oxygen atoms in total. The van der Waals surface area contributed by atoms with Gasteiger partial charge in [0.1, 0.15) is 0 Å². The van der Waals surface area contributed by atoms with Crippen molar-refractivity contribution in [3.63, 3.8) is 0 Å². The Kier molecular flexibility index (Phi) is 1.48. The zero-order valence-electron chi connectivity index (χ0n) is 5.00. The van der Waals surface area contributed by atoms with Crippen molar-refractivity contribution in [2.75, 3.05) is 0 Å². The third-order valence-electron chi connectivity index (χ3n) is 1.31. The standard InChI is InChI=1S/C5H9NO2S/c1-9(8,6-4-7)5-2-3-5/h4-5H,1-3H2,(H,6,7,8). The molecule has 1 aliphatic rings. The zero-order chi connectivity index (χ0) is 6.91. The van der Waals surface area contributed by atoms with E-state index in [4.69, 9.17) is 0 Å². The van der Waals surface area contributed by atoms with Crippen LogP contribution in [0.2, 0.25) is 0 Å². The Morgan fingerprint density at radius 1 is 1.67 bits per heavy atom. The molecule has 4 heteroatoms. The van der Waals surface area contributed by atoms with Crippen LogP contribution in [0.1, 0.15) is 12.8 Å². The Morgan fingerprint density at radius 2 is 2.22 bits per heavy atom. The number of nitrogens with one attached hydrogen (secondary N) is 1. The van der Waals surface area contributed by atoms with Crippen molar-refractivity contribution < 1.29 is 9.00 Å². The maximum Gasteiger partial charge on any atom is 0.218 e. The molecule has 1 amide bonds. The summed E-state index contributed by atoms with van der Waals surface area (Å²) >= 11 is 0. The first kappa shape index (κ1) is 6.61. The van der Waals surface area contributed by atoms with Gasteiger partial charge in [0.2, 0.25) is 6.41 Å². The predicted molar refractivity (Wildman–Crippen MR) is 37.5 cm³/mol. The van der Waals surface area contributed by atoms with Crippen molar-refractivity contribution in [3.8, 4) is 0 Å². The highest BCUT2D eigenvalue weighted by molar-refractivity contribution is 7.99. The number of carbonyl (C=O) groups is 1. The van der Waals surface area contributed by atoms with Crippen LogP contribution in [-0.4, -0.2) is 21.7 Å². The molecule has 9 heavy (non-hydrogen) atoms. The monoisotopic (exact) mass is 147 g/mol. The maximum absolute atomic E-state index is 11.1. The first-order chi connectivity index (χ1) is 4.17. The van der Waals surface area contributed by atoms with Crippen LogP contribution >= 0.6 is 0 Å². The van der Waals surface area contributed by atoms with Gasteiger partial charge < -0.3 is 0 Å². The lowest BCUT2D eigenvalue weighted by Crippen LogP contribution is -2.25. The average Bonchev–Trinajstić information content (AvgIpc) is 2.41. The van der Waals surface area contributed by atoms with Gasteiger partial charge in [-0.15, -0.1) is 0 Å². The molecule has 0 bridgehead atoms. The summed E-state index contributed by atoms with van der Waals surface area (Å²) in [4.78, 5) is 9.82. The molecule has 1 saturated carbocycles. The van der Waals surface area contributed by atoms with E-state index in [1.807, 2.05) is 0 Å². The molecule has 0 aliphatic heterocycles. The molecule has 0 radical (unpaired) electrons. The Labute approximate surface area is 54.6 Å². The Balaban J connectivity index is 2.60. The summed E-state index contributed by atoms with van der Waals surface area (Å²) in [6.07, 6.45) is 2.32. The molecule has 0 aromatic rings. The summed E-state index contributed by atoms with van der Waals surface area (Å²) < 4.78 is 13.3. The van der Waals surface area contributed by atoms with Crippen molar-refractivity contribution in [3.05, 3.63) is 0 Å². The SMILES string of the molecule is C=S(=O)(NC=O)C1CC1. The quantitative estimate of drug-likeness (QED) is 0.433. The van der Waals surface area contributed by atoms with E-state index in [0.717, 1.165) is 12.8 Å². The minimum absolute atomic E-state index is 0.141. The van der Waals surface area contributed by atoms with Gasteiger partial charge in [-0.05, 0) is 18.7 Å². The van der Waals surface area contributed by atoms with E-state index in [9.17, 15) is 9.00 Å². The molecular weight excluding hydrogens is 138 g/mol. The van der Waals surface area contributed by atoms with Crippen LogP contribution in [0.25, 0.3) is 0 Å². The molecule has 0 spiro atoms. The third-order valence-corrected chi connectivity index (χ3v) is 3.35. The topological polar surface area (TPSA) is 46.2 Å². The molecule has 0 aromatic carbocycles. The summed E-state index contributed by atoms with van der Waals surface area (Å²) in [6, 6.07) is 0. The van der Waals surface area contributed by atoms with Crippen LogP contribution in [0.15, 0.2) is 0 Å². The molecule has 1 fully saturated rings. The van der Waals surface area contributed by atoms with Crippen LogP contribution < -0.4 is 4.72 Å². The van der Waals surface area contributed by atoms with E-state index in [0.29, 0.717) is 6.41 Å². The minimum atomic E-state index is -2.26. The molecular formula is C5H9NO2S. The van der Waals surface area contributed by atoms with Crippen LogP contribution in [0, 0.1) is 0 Å². The van der Waals surface area contributed by atoms with Crippen molar-refractivity contribution in [1.29, 1.82) is 0 Å². The normalized spacial score (nSPS) is 24.4. The van der Waals surface area contributed by atoms with Gasteiger partial charge in [0.05, 0.1) is 9.71 Å². The summed E-state index contributed by atoms with van der Waals surface area (Å²) in [5.41, 5.74) is 0. The fraction of sp³-hybridized carbons (Fsp3) is 0.600. The van der Waals surface area contributed by atoms with E-state index in [1.165, 1.54) is 0 Å².